The van der Waals surface area contributed by atoms with Crippen molar-refractivity contribution in [1.82, 2.24) is 29.5 Å². The maximum absolute atomic E-state index is 12.7. The predicted octanol–water partition coefficient (Wildman–Crippen LogP) is 19.4. The Bertz CT molecular complexity index is 3780. The molecule has 0 unspecified atom stereocenters. The van der Waals surface area contributed by atoms with Gasteiger partial charge in [0, 0.05) is 44.8 Å². The minimum atomic E-state index is -0.347. The molecule has 7 nitrogen and oxygen atoms in total. The Morgan fingerprint density at radius 3 is 1.54 bits per heavy atom. The van der Waals surface area contributed by atoms with Crippen LogP contribution in [0, 0.1) is 0 Å². The number of hydrogen-bond acceptors (Lipinski definition) is 6. The number of phenols is 1. The molecule has 0 aliphatic rings. The number of nitrogens with zero attached hydrogens (tertiary/aromatic N) is 6. The van der Waals surface area contributed by atoms with Crippen LogP contribution in [-0.2, 0) is 37.9 Å². The molecule has 9 rings (SSSR count). The van der Waals surface area contributed by atoms with Crippen molar-refractivity contribution in [2.45, 2.75) is 183 Å². The minimum absolute atomic E-state index is 0.0942. The lowest BCUT2D eigenvalue weighted by Crippen LogP contribution is -2.24. The number of aromatic nitrogens is 6. The molecule has 0 saturated carbocycles. The van der Waals surface area contributed by atoms with Crippen LogP contribution < -0.4 is 0 Å². The van der Waals surface area contributed by atoms with Crippen molar-refractivity contribution in [2.75, 3.05) is 0 Å². The SMILES string of the molecule is CC(C)(C)c1cc(-c2cc(-c3ccc(-c4nc(C(C)(C)C)nc(C(C)(C)C)n4)cc3C(C)(C)C)ccn2)cc(-c2cccc3c2nc(-c2cc(C(C)(C)C)cc(C(C)(C)C)c2O)n3-c2ccc(C(C)(C)C)cc2-c2ccccc2)c1. The summed E-state index contributed by atoms with van der Waals surface area (Å²) in [6, 6.07) is 46.4. The van der Waals surface area contributed by atoms with E-state index in [1.165, 1.54) is 16.7 Å². The van der Waals surface area contributed by atoms with Gasteiger partial charge in [0.15, 0.2) is 5.82 Å². The van der Waals surface area contributed by atoms with Crippen LogP contribution in [0.1, 0.15) is 185 Å². The fraction of sp³-hybridized carbons (Fsp3) is 0.384. The van der Waals surface area contributed by atoms with Crippen molar-refractivity contribution in [3.63, 3.8) is 0 Å². The summed E-state index contributed by atoms with van der Waals surface area (Å²) in [5.41, 5.74) is 16.9. The van der Waals surface area contributed by atoms with Gasteiger partial charge in [-0.1, -0.05) is 218 Å². The number of pyridine rings is 1. The molecule has 0 spiro atoms. The number of rotatable bonds is 7. The lowest BCUT2D eigenvalue weighted by molar-refractivity contribution is 0.446. The van der Waals surface area contributed by atoms with Gasteiger partial charge < -0.3 is 5.11 Å². The minimum Gasteiger partial charge on any atom is -0.507 e. The number of para-hydroxylation sites is 1. The zero-order valence-electron chi connectivity index (χ0n) is 51.8. The zero-order valence-corrected chi connectivity index (χ0v) is 51.8. The summed E-state index contributed by atoms with van der Waals surface area (Å²) in [4.78, 5) is 26.0. The van der Waals surface area contributed by atoms with Crippen LogP contribution in [0.4, 0.5) is 0 Å². The second-order valence-electron chi connectivity index (χ2n) is 29.5. The Kier molecular flexibility index (Phi) is 14.4. The van der Waals surface area contributed by atoms with Crippen LogP contribution in [0.2, 0.25) is 0 Å². The summed E-state index contributed by atoms with van der Waals surface area (Å²) >= 11 is 0. The van der Waals surface area contributed by atoms with Crippen LogP contribution >= 0.6 is 0 Å². The van der Waals surface area contributed by atoms with Gasteiger partial charge in [0.05, 0.1) is 28.0 Å². The van der Waals surface area contributed by atoms with Crippen LogP contribution in [-0.4, -0.2) is 34.6 Å². The van der Waals surface area contributed by atoms with Gasteiger partial charge in [-0.2, -0.15) is 0 Å². The lowest BCUT2D eigenvalue weighted by Gasteiger charge is -2.28. The summed E-state index contributed by atoms with van der Waals surface area (Å²) in [5.74, 6) is 3.21. The Hall–Kier alpha value is -7.25. The Balaban J connectivity index is 1.28. The summed E-state index contributed by atoms with van der Waals surface area (Å²) in [6.45, 7) is 46.6. The third-order valence-electron chi connectivity index (χ3n) is 15.4. The highest BCUT2D eigenvalue weighted by Gasteiger charge is 2.32. The topological polar surface area (TPSA) is 89.6 Å². The summed E-state index contributed by atoms with van der Waals surface area (Å²) in [6.07, 6.45) is 1.94. The Morgan fingerprint density at radius 2 is 0.950 bits per heavy atom. The molecule has 0 bridgehead atoms. The van der Waals surface area contributed by atoms with Crippen molar-refractivity contribution in [3.05, 3.63) is 173 Å². The van der Waals surface area contributed by atoms with E-state index in [1.807, 2.05) is 6.20 Å². The van der Waals surface area contributed by atoms with Gasteiger partial charge in [-0.25, -0.2) is 19.9 Å². The van der Waals surface area contributed by atoms with E-state index < -0.39 is 0 Å². The molecule has 0 atom stereocenters. The quantitative estimate of drug-likeness (QED) is 0.171. The molecule has 9 aromatic rings. The second kappa shape index (κ2) is 20.1. The predicted molar refractivity (Wildman–Crippen MR) is 337 cm³/mol. The average Bonchev–Trinajstić information content (AvgIpc) is 3.76. The first-order valence-electron chi connectivity index (χ1n) is 28.6. The monoisotopic (exact) mass is 1060 g/mol. The van der Waals surface area contributed by atoms with E-state index in [0.717, 1.165) is 89.7 Å². The van der Waals surface area contributed by atoms with E-state index in [-0.39, 0.29) is 43.7 Å². The molecule has 414 valence electrons. The van der Waals surface area contributed by atoms with Gasteiger partial charge in [0.2, 0.25) is 0 Å². The summed E-state index contributed by atoms with van der Waals surface area (Å²) in [5, 5.41) is 12.7. The third-order valence-corrected chi connectivity index (χ3v) is 15.4. The first kappa shape index (κ1) is 57.4. The summed E-state index contributed by atoms with van der Waals surface area (Å²) < 4.78 is 2.30. The highest BCUT2D eigenvalue weighted by Crippen LogP contribution is 2.47. The summed E-state index contributed by atoms with van der Waals surface area (Å²) in [7, 11) is 0. The fourth-order valence-corrected chi connectivity index (χ4v) is 10.5. The number of hydrogen-bond donors (Lipinski definition) is 1. The molecular weight excluding hydrogens is 977 g/mol. The largest absolute Gasteiger partial charge is 0.507 e. The smallest absolute Gasteiger partial charge is 0.163 e. The second-order valence-corrected chi connectivity index (χ2v) is 29.5. The van der Waals surface area contributed by atoms with Crippen molar-refractivity contribution in [3.8, 4) is 78.9 Å². The Labute approximate surface area is 478 Å². The normalized spacial score (nSPS) is 13.1. The van der Waals surface area contributed by atoms with Crippen molar-refractivity contribution in [2.24, 2.45) is 0 Å². The average molecular weight is 1060 g/mol. The van der Waals surface area contributed by atoms with E-state index in [2.05, 4.69) is 277 Å². The molecule has 6 aromatic carbocycles. The van der Waals surface area contributed by atoms with Gasteiger partial charge >= 0.3 is 0 Å². The molecule has 3 heterocycles. The van der Waals surface area contributed by atoms with E-state index >= 15 is 0 Å². The molecule has 0 aliphatic heterocycles. The fourth-order valence-electron chi connectivity index (χ4n) is 10.5. The molecule has 0 radical (unpaired) electrons. The van der Waals surface area contributed by atoms with Gasteiger partial charge in [-0.3, -0.25) is 9.55 Å². The number of fused-ring (bicyclic) bond motifs is 1. The van der Waals surface area contributed by atoms with Gasteiger partial charge in [-0.05, 0) is 126 Å². The lowest BCUT2D eigenvalue weighted by atomic mass is 9.79. The molecule has 80 heavy (non-hydrogen) atoms. The molecule has 0 aliphatic carbocycles. The standard InChI is InChI=1S/C73H86N6O/c1-67(2,3)49-31-33-59(54(41-49)44-26-23-22-24-27-44)79-60-29-25-28-53(61(60)75-64(79)55-42-51(69(7,8)9)43-57(62(55)80)71(13,14)15)47-36-48(38-50(37-47)68(4,5)6)58-40-45(34-35-74-58)52-32-30-46(39-56(52)70(10,11)12)63-76-65(72(16,17)18)78-66(77-63)73(19,20)21/h22-43,80H,1-21H3. The maximum atomic E-state index is 12.7. The highest BCUT2D eigenvalue weighted by molar-refractivity contribution is 5.98. The molecule has 0 amide bonds. The number of aromatic hydroxyl groups is 1. The van der Waals surface area contributed by atoms with Gasteiger partial charge in [0.25, 0.3) is 0 Å². The van der Waals surface area contributed by atoms with E-state index in [0.29, 0.717) is 17.2 Å². The molecule has 0 fully saturated rings. The maximum Gasteiger partial charge on any atom is 0.163 e. The molecule has 0 saturated heterocycles. The Morgan fingerprint density at radius 1 is 0.362 bits per heavy atom. The van der Waals surface area contributed by atoms with E-state index in [9.17, 15) is 5.11 Å². The number of imidazole rings is 1. The first-order valence-corrected chi connectivity index (χ1v) is 28.6. The van der Waals surface area contributed by atoms with Crippen LogP contribution in [0.15, 0.2) is 134 Å². The van der Waals surface area contributed by atoms with Crippen molar-refractivity contribution < 1.29 is 5.11 Å². The molecule has 1 N–H and O–H groups in total. The van der Waals surface area contributed by atoms with Crippen LogP contribution in [0.3, 0.4) is 0 Å². The first-order chi connectivity index (χ1) is 37.0. The highest BCUT2D eigenvalue weighted by atomic mass is 16.3. The van der Waals surface area contributed by atoms with Gasteiger partial charge in [0.1, 0.15) is 23.2 Å². The van der Waals surface area contributed by atoms with Crippen LogP contribution in [0.5, 0.6) is 5.75 Å². The van der Waals surface area contributed by atoms with Crippen molar-refractivity contribution >= 4 is 11.0 Å². The molecule has 7 heteroatoms. The van der Waals surface area contributed by atoms with Gasteiger partial charge in [-0.15, -0.1) is 0 Å². The number of benzene rings is 6. The van der Waals surface area contributed by atoms with Crippen LogP contribution in [0.25, 0.3) is 84.1 Å². The zero-order chi connectivity index (χ0) is 58.4. The van der Waals surface area contributed by atoms with E-state index in [4.69, 9.17) is 24.9 Å². The molecule has 3 aromatic heterocycles. The third kappa shape index (κ3) is 11.5. The molecular formula is C73H86N6O. The number of phenolic OH excluding ortho intramolecular Hbond substituents is 1. The van der Waals surface area contributed by atoms with E-state index in [1.54, 1.807) is 0 Å². The van der Waals surface area contributed by atoms with Crippen molar-refractivity contribution in [1.29, 1.82) is 0 Å².